The van der Waals surface area contributed by atoms with Crippen molar-refractivity contribution >= 4 is 39.1 Å². The molecule has 15 heteroatoms. The SMILES string of the molecule is COc1ccc(-c2cnc(C(=O)Nc3ccc(C(=O)N4CCN(S(=O)(=O)CCN)CC4)c(Cl)c3)n2C)c(F)c1F. The number of piperazine rings is 1. The number of hydrogen-bond acceptors (Lipinski definition) is 7. The minimum absolute atomic E-state index is 0.0164. The number of aromatic nitrogens is 2. The maximum atomic E-state index is 14.6. The van der Waals surface area contributed by atoms with Gasteiger partial charge in [-0.2, -0.15) is 8.70 Å². The minimum atomic E-state index is -3.46. The summed E-state index contributed by atoms with van der Waals surface area (Å²) >= 11 is 6.36. The molecule has 2 heterocycles. The number of ether oxygens (including phenoxy) is 1. The summed E-state index contributed by atoms with van der Waals surface area (Å²) in [4.78, 5) is 31.5. The summed E-state index contributed by atoms with van der Waals surface area (Å²) in [5, 5.41) is 2.71. The molecule has 0 bridgehead atoms. The van der Waals surface area contributed by atoms with Crippen LogP contribution in [0.25, 0.3) is 11.3 Å². The molecule has 1 aliphatic rings. The summed E-state index contributed by atoms with van der Waals surface area (Å²) < 4.78 is 60.6. The monoisotopic (exact) mass is 596 g/mol. The van der Waals surface area contributed by atoms with Crippen LogP contribution in [-0.4, -0.2) is 84.6 Å². The summed E-state index contributed by atoms with van der Waals surface area (Å²) in [6.45, 7) is 0.703. The van der Waals surface area contributed by atoms with Gasteiger partial charge in [-0.25, -0.2) is 17.8 Å². The molecule has 40 heavy (non-hydrogen) atoms. The molecule has 2 aromatic carbocycles. The topological polar surface area (TPSA) is 140 Å². The zero-order chi connectivity index (χ0) is 29.2. The molecule has 11 nitrogen and oxygen atoms in total. The van der Waals surface area contributed by atoms with Crippen LogP contribution in [-0.2, 0) is 17.1 Å². The Morgan fingerprint density at radius 2 is 1.82 bits per heavy atom. The van der Waals surface area contributed by atoms with E-state index in [0.717, 1.165) is 0 Å². The van der Waals surface area contributed by atoms with Gasteiger partial charge in [0.25, 0.3) is 11.8 Å². The first kappa shape index (κ1) is 29.4. The number of rotatable bonds is 8. The van der Waals surface area contributed by atoms with E-state index < -0.39 is 27.6 Å². The fraction of sp³-hybridized carbons (Fsp3) is 0.320. The molecule has 0 saturated carbocycles. The fourth-order valence-corrected chi connectivity index (χ4v) is 5.87. The highest BCUT2D eigenvalue weighted by Crippen LogP contribution is 2.30. The number of hydrogen-bond donors (Lipinski definition) is 2. The first-order chi connectivity index (χ1) is 19.0. The molecule has 0 atom stereocenters. The van der Waals surface area contributed by atoms with Gasteiger partial charge in [0.15, 0.2) is 17.4 Å². The van der Waals surface area contributed by atoms with Gasteiger partial charge < -0.3 is 25.3 Å². The molecule has 214 valence electrons. The second-order valence-electron chi connectivity index (χ2n) is 8.91. The van der Waals surface area contributed by atoms with Crippen molar-refractivity contribution in [2.75, 3.05) is 50.9 Å². The van der Waals surface area contributed by atoms with Gasteiger partial charge in [-0.3, -0.25) is 9.59 Å². The third kappa shape index (κ3) is 5.80. The molecule has 0 radical (unpaired) electrons. The minimum Gasteiger partial charge on any atom is -0.494 e. The predicted molar refractivity (Wildman–Crippen MR) is 145 cm³/mol. The molecule has 1 aliphatic heterocycles. The molecular weight excluding hydrogens is 570 g/mol. The molecule has 0 spiro atoms. The van der Waals surface area contributed by atoms with E-state index >= 15 is 0 Å². The molecule has 0 unspecified atom stereocenters. The van der Waals surface area contributed by atoms with Crippen LogP contribution in [0.4, 0.5) is 14.5 Å². The smallest absolute Gasteiger partial charge is 0.291 e. The van der Waals surface area contributed by atoms with E-state index in [1.807, 2.05) is 0 Å². The number of anilines is 1. The van der Waals surface area contributed by atoms with Crippen molar-refractivity contribution < 1.29 is 31.5 Å². The Labute approximate surface area is 234 Å². The fourth-order valence-electron chi connectivity index (χ4n) is 4.33. The highest BCUT2D eigenvalue weighted by atomic mass is 35.5. The second-order valence-corrected chi connectivity index (χ2v) is 11.4. The number of carbonyl (C=O) groups excluding carboxylic acids is 2. The summed E-state index contributed by atoms with van der Waals surface area (Å²) in [5.74, 6) is -3.80. The van der Waals surface area contributed by atoms with Crippen LogP contribution in [0.2, 0.25) is 5.02 Å². The molecule has 3 aromatic rings. The normalized spacial score (nSPS) is 14.3. The zero-order valence-electron chi connectivity index (χ0n) is 21.7. The van der Waals surface area contributed by atoms with Gasteiger partial charge in [-0.15, -0.1) is 0 Å². The molecule has 0 aliphatic carbocycles. The van der Waals surface area contributed by atoms with Gasteiger partial charge in [-0.05, 0) is 30.3 Å². The molecule has 1 saturated heterocycles. The number of sulfonamides is 1. The quantitative estimate of drug-likeness (QED) is 0.407. The Bertz CT molecular complexity index is 1560. The third-order valence-electron chi connectivity index (χ3n) is 6.49. The van der Waals surface area contributed by atoms with Crippen molar-refractivity contribution in [3.63, 3.8) is 0 Å². The maximum Gasteiger partial charge on any atom is 0.291 e. The summed E-state index contributed by atoms with van der Waals surface area (Å²) in [6, 6.07) is 6.94. The maximum absolute atomic E-state index is 14.6. The summed E-state index contributed by atoms with van der Waals surface area (Å²) in [6.07, 6.45) is 1.25. The third-order valence-corrected chi connectivity index (χ3v) is 8.70. The summed E-state index contributed by atoms with van der Waals surface area (Å²) in [5.41, 5.74) is 5.90. The van der Waals surface area contributed by atoms with Crippen molar-refractivity contribution in [2.24, 2.45) is 12.8 Å². The van der Waals surface area contributed by atoms with Crippen LogP contribution in [0.1, 0.15) is 21.0 Å². The van der Waals surface area contributed by atoms with Crippen LogP contribution in [0, 0.1) is 11.6 Å². The lowest BCUT2D eigenvalue weighted by atomic mass is 10.1. The first-order valence-electron chi connectivity index (χ1n) is 12.1. The number of nitrogens with one attached hydrogen (secondary N) is 1. The first-order valence-corrected chi connectivity index (χ1v) is 14.1. The van der Waals surface area contributed by atoms with E-state index in [1.54, 1.807) is 0 Å². The second kappa shape index (κ2) is 11.9. The Hall–Kier alpha value is -3.59. The van der Waals surface area contributed by atoms with Gasteiger partial charge in [-0.1, -0.05) is 11.6 Å². The number of benzene rings is 2. The van der Waals surface area contributed by atoms with Crippen molar-refractivity contribution in [3.05, 3.63) is 64.6 Å². The van der Waals surface area contributed by atoms with Crippen LogP contribution in [0.3, 0.4) is 0 Å². The van der Waals surface area contributed by atoms with E-state index in [9.17, 15) is 26.8 Å². The van der Waals surface area contributed by atoms with Gasteiger partial charge in [0.1, 0.15) is 0 Å². The van der Waals surface area contributed by atoms with Crippen LogP contribution in [0.15, 0.2) is 36.5 Å². The van der Waals surface area contributed by atoms with E-state index in [2.05, 4.69) is 10.3 Å². The summed E-state index contributed by atoms with van der Waals surface area (Å²) in [7, 11) is -0.761. The van der Waals surface area contributed by atoms with E-state index in [0.29, 0.717) is 0 Å². The van der Waals surface area contributed by atoms with E-state index in [1.165, 1.54) is 64.5 Å². The van der Waals surface area contributed by atoms with Gasteiger partial charge in [0.05, 0.1) is 35.3 Å². The Morgan fingerprint density at radius 1 is 1.12 bits per heavy atom. The van der Waals surface area contributed by atoms with Crippen molar-refractivity contribution in [3.8, 4) is 17.0 Å². The number of nitrogens with two attached hydrogens (primary N) is 1. The standard InChI is InChI=1S/C25H27ClF2N6O5S/c1-32-19(17-5-6-20(39-2)22(28)21(17)27)14-30-23(32)24(35)31-15-3-4-16(18(26)13-15)25(36)33-8-10-34(11-9-33)40(37,38)12-7-29/h3-6,13-14H,7-12,29H2,1-2H3,(H,31,35). The van der Waals surface area contributed by atoms with Gasteiger partial charge in [0, 0.05) is 51.0 Å². The molecule has 2 amide bonds. The number of nitrogens with zero attached hydrogens (tertiary/aromatic N) is 4. The number of carbonyl (C=O) groups is 2. The van der Waals surface area contributed by atoms with Crippen LogP contribution >= 0.6 is 11.6 Å². The lowest BCUT2D eigenvalue weighted by Crippen LogP contribution is -2.51. The molecule has 4 rings (SSSR count). The Kier molecular flexibility index (Phi) is 8.73. The average Bonchev–Trinajstić information content (AvgIpc) is 3.31. The Balaban J connectivity index is 1.45. The van der Waals surface area contributed by atoms with E-state index in [4.69, 9.17) is 22.1 Å². The Morgan fingerprint density at radius 3 is 2.45 bits per heavy atom. The number of halogens is 3. The number of methoxy groups -OCH3 is 1. The predicted octanol–water partition coefficient (Wildman–Crippen LogP) is 2.33. The van der Waals surface area contributed by atoms with Crippen molar-refractivity contribution in [1.82, 2.24) is 18.8 Å². The van der Waals surface area contributed by atoms with Crippen molar-refractivity contribution in [1.29, 1.82) is 0 Å². The van der Waals surface area contributed by atoms with Crippen molar-refractivity contribution in [2.45, 2.75) is 0 Å². The van der Waals surface area contributed by atoms with Gasteiger partial charge >= 0.3 is 0 Å². The highest BCUT2D eigenvalue weighted by Gasteiger charge is 2.29. The van der Waals surface area contributed by atoms with Gasteiger partial charge in [0.2, 0.25) is 15.8 Å². The molecule has 3 N–H and O–H groups in total. The molecule has 1 aromatic heterocycles. The lowest BCUT2D eigenvalue weighted by molar-refractivity contribution is 0.0698. The molecular formula is C25H27ClF2N6O5S. The van der Waals surface area contributed by atoms with Crippen LogP contribution < -0.4 is 15.8 Å². The largest absolute Gasteiger partial charge is 0.494 e. The average molecular weight is 597 g/mol. The number of amides is 2. The highest BCUT2D eigenvalue weighted by molar-refractivity contribution is 7.89. The van der Waals surface area contributed by atoms with Crippen LogP contribution in [0.5, 0.6) is 5.75 Å². The number of imidazole rings is 1. The molecule has 1 fully saturated rings. The van der Waals surface area contributed by atoms with E-state index in [-0.39, 0.29) is 83.5 Å². The zero-order valence-corrected chi connectivity index (χ0v) is 23.2. The lowest BCUT2D eigenvalue weighted by Gasteiger charge is -2.34.